The summed E-state index contributed by atoms with van der Waals surface area (Å²) in [6, 6.07) is 13.9. The predicted molar refractivity (Wildman–Crippen MR) is 122 cm³/mol. The Morgan fingerprint density at radius 3 is 2.06 bits per heavy atom. The Hall–Kier alpha value is -2.78. The number of carbonyl (C=O) groups is 1. The average Bonchev–Trinajstić information content (AvgIpc) is 2.80. The molecule has 0 aliphatic carbocycles. The molecular formula is C22H30N4O4S. The fraction of sp³-hybridized carbons (Fsp3) is 0.409. The molecular weight excluding hydrogens is 416 g/mol. The van der Waals surface area contributed by atoms with Crippen LogP contribution in [0.5, 0.6) is 5.75 Å². The number of nitrogens with zero attached hydrogens (tertiary/aromatic N) is 3. The van der Waals surface area contributed by atoms with Gasteiger partial charge in [0, 0.05) is 50.6 Å². The van der Waals surface area contributed by atoms with Crippen molar-refractivity contribution in [3.63, 3.8) is 0 Å². The van der Waals surface area contributed by atoms with Gasteiger partial charge in [0.15, 0.2) is 0 Å². The van der Waals surface area contributed by atoms with Gasteiger partial charge < -0.3 is 19.9 Å². The highest BCUT2D eigenvalue weighted by molar-refractivity contribution is 7.89. The van der Waals surface area contributed by atoms with E-state index < -0.39 is 10.0 Å². The molecule has 1 heterocycles. The Bertz CT molecular complexity index is 966. The van der Waals surface area contributed by atoms with Crippen LogP contribution in [-0.2, 0) is 10.0 Å². The van der Waals surface area contributed by atoms with Gasteiger partial charge in [0.1, 0.15) is 5.75 Å². The third-order valence-electron chi connectivity index (χ3n) is 5.47. The van der Waals surface area contributed by atoms with Crippen LogP contribution in [0.1, 0.15) is 13.8 Å². The van der Waals surface area contributed by atoms with E-state index in [9.17, 15) is 13.2 Å². The number of anilines is 2. The first kappa shape index (κ1) is 22.9. The number of benzene rings is 2. The van der Waals surface area contributed by atoms with Gasteiger partial charge in [-0.3, -0.25) is 0 Å². The van der Waals surface area contributed by atoms with E-state index in [1.807, 2.05) is 38.1 Å². The molecule has 0 atom stereocenters. The topological polar surface area (TPSA) is 82.2 Å². The highest BCUT2D eigenvalue weighted by Crippen LogP contribution is 2.24. The lowest BCUT2D eigenvalue weighted by Gasteiger charge is -2.35. The third kappa shape index (κ3) is 5.29. The lowest BCUT2D eigenvalue weighted by Crippen LogP contribution is -2.48. The second-order valence-electron chi connectivity index (χ2n) is 7.22. The smallest absolute Gasteiger partial charge is 0.321 e. The van der Waals surface area contributed by atoms with Crippen LogP contribution >= 0.6 is 0 Å². The molecule has 0 aromatic heterocycles. The van der Waals surface area contributed by atoms with Gasteiger partial charge in [-0.2, -0.15) is 4.31 Å². The van der Waals surface area contributed by atoms with Crippen molar-refractivity contribution in [1.82, 2.24) is 9.21 Å². The van der Waals surface area contributed by atoms with E-state index in [1.165, 1.54) is 4.31 Å². The summed E-state index contributed by atoms with van der Waals surface area (Å²) in [4.78, 5) is 16.2. The number of urea groups is 1. The molecule has 1 saturated heterocycles. The Labute approximate surface area is 184 Å². The summed E-state index contributed by atoms with van der Waals surface area (Å²) in [6.07, 6.45) is 0. The van der Waals surface area contributed by atoms with E-state index in [4.69, 9.17) is 4.74 Å². The fourth-order valence-corrected chi connectivity index (χ4v) is 4.97. The molecule has 2 aromatic carbocycles. The summed E-state index contributed by atoms with van der Waals surface area (Å²) in [5.74, 6) is 0.793. The van der Waals surface area contributed by atoms with Crippen molar-refractivity contribution in [3.8, 4) is 5.75 Å². The van der Waals surface area contributed by atoms with Crippen LogP contribution in [0.3, 0.4) is 0 Å². The van der Waals surface area contributed by atoms with Gasteiger partial charge in [-0.15, -0.1) is 0 Å². The molecule has 9 heteroatoms. The number of methoxy groups -OCH3 is 1. The van der Waals surface area contributed by atoms with Crippen LogP contribution in [0.15, 0.2) is 53.4 Å². The van der Waals surface area contributed by atoms with Crippen LogP contribution in [0.4, 0.5) is 16.2 Å². The molecule has 31 heavy (non-hydrogen) atoms. The molecule has 168 valence electrons. The fourth-order valence-electron chi connectivity index (χ4n) is 3.55. The van der Waals surface area contributed by atoms with E-state index in [0.29, 0.717) is 45.0 Å². The molecule has 1 aliphatic rings. The first-order valence-electron chi connectivity index (χ1n) is 10.4. The minimum atomic E-state index is -3.59. The molecule has 1 N–H and O–H groups in total. The van der Waals surface area contributed by atoms with Gasteiger partial charge in [0.05, 0.1) is 12.0 Å². The molecule has 1 aliphatic heterocycles. The van der Waals surface area contributed by atoms with Crippen LogP contribution in [0.2, 0.25) is 0 Å². The lowest BCUT2D eigenvalue weighted by molar-refractivity contribution is 0.217. The Morgan fingerprint density at radius 1 is 0.968 bits per heavy atom. The highest BCUT2D eigenvalue weighted by Gasteiger charge is 2.28. The van der Waals surface area contributed by atoms with E-state index in [2.05, 4.69) is 10.2 Å². The van der Waals surface area contributed by atoms with E-state index in [-0.39, 0.29) is 10.9 Å². The molecule has 1 fully saturated rings. The van der Waals surface area contributed by atoms with Crippen LogP contribution < -0.4 is 15.0 Å². The maximum absolute atomic E-state index is 13.0. The first-order valence-corrected chi connectivity index (χ1v) is 11.9. The Morgan fingerprint density at radius 2 is 1.55 bits per heavy atom. The number of nitrogens with one attached hydrogen (secondary N) is 1. The summed E-state index contributed by atoms with van der Waals surface area (Å²) >= 11 is 0. The quantitative estimate of drug-likeness (QED) is 0.707. The second kappa shape index (κ2) is 10.0. The standard InChI is InChI=1S/C22H30N4O4S/c1-4-24(5-2)22(27)23-18-6-12-21(13-7-18)31(28,29)26-16-14-25(15-17-26)19-8-10-20(30-3)11-9-19/h6-13H,4-5,14-17H2,1-3H3,(H,23,27). The average molecular weight is 447 g/mol. The molecule has 0 unspecified atom stereocenters. The number of sulfonamides is 1. The molecule has 0 spiro atoms. The van der Waals surface area contributed by atoms with Gasteiger partial charge in [-0.05, 0) is 62.4 Å². The molecule has 8 nitrogen and oxygen atoms in total. The largest absolute Gasteiger partial charge is 0.497 e. The minimum absolute atomic E-state index is 0.199. The van der Waals surface area contributed by atoms with E-state index in [0.717, 1.165) is 11.4 Å². The zero-order chi connectivity index (χ0) is 22.4. The van der Waals surface area contributed by atoms with Crippen molar-refractivity contribution in [2.45, 2.75) is 18.7 Å². The normalized spacial score (nSPS) is 14.9. The highest BCUT2D eigenvalue weighted by atomic mass is 32.2. The predicted octanol–water partition coefficient (Wildman–Crippen LogP) is 3.08. The number of rotatable bonds is 7. The summed E-state index contributed by atoms with van der Waals surface area (Å²) in [5, 5.41) is 2.80. The lowest BCUT2D eigenvalue weighted by atomic mass is 10.2. The molecule has 0 bridgehead atoms. The van der Waals surface area contributed by atoms with Gasteiger partial charge in [-0.1, -0.05) is 0 Å². The van der Waals surface area contributed by atoms with Crippen LogP contribution in [-0.4, -0.2) is 70.0 Å². The van der Waals surface area contributed by atoms with E-state index in [1.54, 1.807) is 36.3 Å². The van der Waals surface area contributed by atoms with Gasteiger partial charge in [0.2, 0.25) is 10.0 Å². The van der Waals surface area contributed by atoms with Gasteiger partial charge in [-0.25, -0.2) is 13.2 Å². The van der Waals surface area contributed by atoms with Crippen molar-refractivity contribution in [2.75, 3.05) is 56.6 Å². The SMILES string of the molecule is CCN(CC)C(=O)Nc1ccc(S(=O)(=O)N2CCN(c3ccc(OC)cc3)CC2)cc1. The summed E-state index contributed by atoms with van der Waals surface area (Å²) in [6.45, 7) is 7.09. The van der Waals surface area contributed by atoms with Crippen molar-refractivity contribution >= 4 is 27.4 Å². The summed E-state index contributed by atoms with van der Waals surface area (Å²) in [5.41, 5.74) is 1.62. The second-order valence-corrected chi connectivity index (χ2v) is 9.15. The van der Waals surface area contributed by atoms with Crippen molar-refractivity contribution < 1.29 is 17.9 Å². The number of hydrogen-bond acceptors (Lipinski definition) is 5. The molecule has 0 saturated carbocycles. The monoisotopic (exact) mass is 446 g/mol. The maximum Gasteiger partial charge on any atom is 0.321 e. The van der Waals surface area contributed by atoms with Crippen LogP contribution in [0.25, 0.3) is 0 Å². The Kier molecular flexibility index (Phi) is 7.40. The minimum Gasteiger partial charge on any atom is -0.497 e. The molecule has 2 amide bonds. The third-order valence-corrected chi connectivity index (χ3v) is 7.38. The summed E-state index contributed by atoms with van der Waals surface area (Å²) in [7, 11) is -1.96. The number of carbonyl (C=O) groups excluding carboxylic acids is 1. The van der Waals surface area contributed by atoms with Crippen molar-refractivity contribution in [3.05, 3.63) is 48.5 Å². The van der Waals surface area contributed by atoms with Crippen LogP contribution in [0, 0.1) is 0 Å². The maximum atomic E-state index is 13.0. The van der Waals surface area contributed by atoms with Crippen molar-refractivity contribution in [1.29, 1.82) is 0 Å². The number of hydrogen-bond donors (Lipinski definition) is 1. The molecule has 3 rings (SSSR count). The zero-order valence-corrected chi connectivity index (χ0v) is 19.1. The first-order chi connectivity index (χ1) is 14.9. The number of ether oxygens (including phenoxy) is 1. The van der Waals surface area contributed by atoms with Crippen molar-refractivity contribution in [2.24, 2.45) is 0 Å². The number of amides is 2. The van der Waals surface area contributed by atoms with E-state index >= 15 is 0 Å². The summed E-state index contributed by atoms with van der Waals surface area (Å²) < 4.78 is 32.8. The zero-order valence-electron chi connectivity index (χ0n) is 18.2. The molecule has 2 aromatic rings. The number of piperazine rings is 1. The molecule has 0 radical (unpaired) electrons. The van der Waals surface area contributed by atoms with Gasteiger partial charge in [0.25, 0.3) is 0 Å². The Balaban J connectivity index is 1.62. The van der Waals surface area contributed by atoms with Gasteiger partial charge >= 0.3 is 6.03 Å².